The summed E-state index contributed by atoms with van der Waals surface area (Å²) in [5.41, 5.74) is 3.73. The second-order valence-corrected chi connectivity index (χ2v) is 5.33. The maximum atomic E-state index is 9.30. The Kier molecular flexibility index (Phi) is 2.57. The van der Waals surface area contributed by atoms with E-state index < -0.39 is 0 Å². The molecule has 0 amide bonds. The number of aryl methyl sites for hydroxylation is 1. The molecule has 4 nitrogen and oxygen atoms in total. The number of methoxy groups -OCH3 is 1. The Bertz CT molecular complexity index is 1090. The summed E-state index contributed by atoms with van der Waals surface area (Å²) in [7, 11) is 1.66. The average Bonchev–Trinajstić information content (AvgIpc) is 2.93. The van der Waals surface area contributed by atoms with Gasteiger partial charge in [-0.05, 0) is 48.2 Å². The van der Waals surface area contributed by atoms with E-state index in [4.69, 9.17) is 4.74 Å². The SMILES string of the molecule is COc1ccc2[nH]c3c(C)c4ccnc(C#N)c4cc3c2c1. The van der Waals surface area contributed by atoms with Crippen LogP contribution in [0.3, 0.4) is 0 Å². The van der Waals surface area contributed by atoms with E-state index in [-0.39, 0.29) is 0 Å². The fourth-order valence-electron chi connectivity index (χ4n) is 3.08. The van der Waals surface area contributed by atoms with Crippen molar-refractivity contribution in [2.75, 3.05) is 7.11 Å². The third-order valence-corrected chi connectivity index (χ3v) is 4.21. The number of aromatic amines is 1. The van der Waals surface area contributed by atoms with Crippen LogP contribution in [0.1, 0.15) is 11.3 Å². The van der Waals surface area contributed by atoms with Gasteiger partial charge in [-0.1, -0.05) is 0 Å². The van der Waals surface area contributed by atoms with Gasteiger partial charge in [0.15, 0.2) is 0 Å². The fourth-order valence-corrected chi connectivity index (χ4v) is 3.08. The lowest BCUT2D eigenvalue weighted by Crippen LogP contribution is -1.88. The van der Waals surface area contributed by atoms with Crippen molar-refractivity contribution in [1.29, 1.82) is 5.26 Å². The fraction of sp³-hybridized carbons (Fsp3) is 0.111. The first-order valence-corrected chi connectivity index (χ1v) is 7.01. The Labute approximate surface area is 127 Å². The van der Waals surface area contributed by atoms with E-state index in [0.717, 1.165) is 43.9 Å². The molecule has 0 saturated carbocycles. The zero-order valence-electron chi connectivity index (χ0n) is 12.3. The van der Waals surface area contributed by atoms with Crippen LogP contribution in [0.15, 0.2) is 36.5 Å². The van der Waals surface area contributed by atoms with Crippen LogP contribution in [0.5, 0.6) is 5.75 Å². The van der Waals surface area contributed by atoms with E-state index in [9.17, 15) is 5.26 Å². The molecule has 0 saturated heterocycles. The van der Waals surface area contributed by atoms with Crippen molar-refractivity contribution >= 4 is 32.6 Å². The Morgan fingerprint density at radius 1 is 1.09 bits per heavy atom. The van der Waals surface area contributed by atoms with Gasteiger partial charge in [-0.3, -0.25) is 0 Å². The largest absolute Gasteiger partial charge is 0.497 e. The zero-order valence-corrected chi connectivity index (χ0v) is 12.3. The molecule has 1 N–H and O–H groups in total. The molecule has 4 rings (SSSR count). The summed E-state index contributed by atoms with van der Waals surface area (Å²) in [4.78, 5) is 7.64. The molecule has 2 aromatic heterocycles. The predicted molar refractivity (Wildman–Crippen MR) is 87.1 cm³/mol. The van der Waals surface area contributed by atoms with Gasteiger partial charge in [0, 0.05) is 27.9 Å². The molecule has 0 aliphatic rings. The molecular formula is C18H13N3O. The molecule has 0 spiro atoms. The molecule has 22 heavy (non-hydrogen) atoms. The number of hydrogen-bond acceptors (Lipinski definition) is 3. The lowest BCUT2D eigenvalue weighted by atomic mass is 10.0. The van der Waals surface area contributed by atoms with Crippen molar-refractivity contribution < 1.29 is 4.74 Å². The average molecular weight is 287 g/mol. The molecule has 2 heterocycles. The van der Waals surface area contributed by atoms with Gasteiger partial charge in [-0.25, -0.2) is 4.98 Å². The Hall–Kier alpha value is -3.06. The highest BCUT2D eigenvalue weighted by Gasteiger charge is 2.13. The maximum absolute atomic E-state index is 9.30. The van der Waals surface area contributed by atoms with Gasteiger partial charge in [0.2, 0.25) is 0 Å². The lowest BCUT2D eigenvalue weighted by Gasteiger charge is -2.05. The molecule has 0 aliphatic carbocycles. The van der Waals surface area contributed by atoms with Gasteiger partial charge in [-0.2, -0.15) is 5.26 Å². The van der Waals surface area contributed by atoms with E-state index in [1.165, 1.54) is 0 Å². The Morgan fingerprint density at radius 3 is 2.73 bits per heavy atom. The highest BCUT2D eigenvalue weighted by Crippen LogP contribution is 2.34. The van der Waals surface area contributed by atoms with Gasteiger partial charge in [0.25, 0.3) is 0 Å². The highest BCUT2D eigenvalue weighted by molar-refractivity contribution is 6.14. The number of fused-ring (bicyclic) bond motifs is 4. The van der Waals surface area contributed by atoms with Crippen LogP contribution < -0.4 is 4.74 Å². The summed E-state index contributed by atoms with van der Waals surface area (Å²) in [6.07, 6.45) is 1.69. The van der Waals surface area contributed by atoms with Gasteiger partial charge < -0.3 is 9.72 Å². The van der Waals surface area contributed by atoms with Gasteiger partial charge in [0.1, 0.15) is 17.5 Å². The number of rotatable bonds is 1. The van der Waals surface area contributed by atoms with Crippen molar-refractivity contribution in [1.82, 2.24) is 9.97 Å². The highest BCUT2D eigenvalue weighted by atomic mass is 16.5. The van der Waals surface area contributed by atoms with Crippen LogP contribution in [0.4, 0.5) is 0 Å². The smallest absolute Gasteiger partial charge is 0.148 e. The minimum absolute atomic E-state index is 0.458. The van der Waals surface area contributed by atoms with E-state index in [1.54, 1.807) is 13.3 Å². The molecule has 0 atom stereocenters. The number of benzene rings is 2. The third-order valence-electron chi connectivity index (χ3n) is 4.21. The predicted octanol–water partition coefficient (Wildman–Crippen LogP) is 4.06. The maximum Gasteiger partial charge on any atom is 0.148 e. The molecular weight excluding hydrogens is 274 g/mol. The number of nitriles is 1. The van der Waals surface area contributed by atoms with Crippen molar-refractivity contribution in [3.05, 3.63) is 47.8 Å². The van der Waals surface area contributed by atoms with Crippen LogP contribution in [-0.4, -0.2) is 17.1 Å². The van der Waals surface area contributed by atoms with Crippen LogP contribution in [0.2, 0.25) is 0 Å². The third kappa shape index (κ3) is 1.60. The van der Waals surface area contributed by atoms with Crippen LogP contribution in [0.25, 0.3) is 32.6 Å². The van der Waals surface area contributed by atoms with E-state index in [2.05, 4.69) is 23.0 Å². The zero-order chi connectivity index (χ0) is 15.3. The summed E-state index contributed by atoms with van der Waals surface area (Å²) in [6, 6.07) is 12.1. The van der Waals surface area contributed by atoms with E-state index in [1.807, 2.05) is 30.3 Å². The normalized spacial score (nSPS) is 11.1. The second-order valence-electron chi connectivity index (χ2n) is 5.33. The molecule has 0 fully saturated rings. The molecule has 4 aromatic rings. The minimum atomic E-state index is 0.458. The molecule has 2 aromatic carbocycles. The summed E-state index contributed by atoms with van der Waals surface area (Å²) in [6.45, 7) is 2.07. The number of hydrogen-bond donors (Lipinski definition) is 1. The lowest BCUT2D eigenvalue weighted by molar-refractivity contribution is 0.415. The van der Waals surface area contributed by atoms with Crippen LogP contribution >= 0.6 is 0 Å². The number of nitrogens with zero attached hydrogens (tertiary/aromatic N) is 2. The van der Waals surface area contributed by atoms with E-state index in [0.29, 0.717) is 5.69 Å². The van der Waals surface area contributed by atoms with Crippen molar-refractivity contribution in [3.8, 4) is 11.8 Å². The summed E-state index contributed by atoms with van der Waals surface area (Å²) >= 11 is 0. The first kappa shape index (κ1) is 12.7. The molecule has 0 radical (unpaired) electrons. The molecule has 0 aliphatic heterocycles. The summed E-state index contributed by atoms with van der Waals surface area (Å²) in [5, 5.41) is 13.4. The number of nitrogens with one attached hydrogen (secondary N) is 1. The number of aromatic nitrogens is 2. The van der Waals surface area contributed by atoms with Crippen molar-refractivity contribution in [2.24, 2.45) is 0 Å². The first-order valence-electron chi connectivity index (χ1n) is 7.01. The van der Waals surface area contributed by atoms with Crippen LogP contribution in [0, 0.1) is 18.3 Å². The molecule has 0 bridgehead atoms. The minimum Gasteiger partial charge on any atom is -0.497 e. The Balaban J connectivity index is 2.24. The number of pyridine rings is 1. The standard InChI is InChI=1S/C18H13N3O/c1-10-12-5-6-20-17(9-19)14(12)8-15-13-7-11(22-2)3-4-16(13)21-18(10)15/h3-8,21H,1-2H3. The molecule has 4 heteroatoms. The first-order chi connectivity index (χ1) is 10.7. The number of H-pyrrole nitrogens is 1. The summed E-state index contributed by atoms with van der Waals surface area (Å²) in [5.74, 6) is 0.817. The second kappa shape index (κ2) is 4.47. The monoisotopic (exact) mass is 287 g/mol. The number of ether oxygens (including phenoxy) is 1. The van der Waals surface area contributed by atoms with Gasteiger partial charge in [-0.15, -0.1) is 0 Å². The van der Waals surface area contributed by atoms with Gasteiger partial charge >= 0.3 is 0 Å². The van der Waals surface area contributed by atoms with Crippen molar-refractivity contribution in [3.63, 3.8) is 0 Å². The topological polar surface area (TPSA) is 61.7 Å². The van der Waals surface area contributed by atoms with Crippen molar-refractivity contribution in [2.45, 2.75) is 6.92 Å². The summed E-state index contributed by atoms with van der Waals surface area (Å²) < 4.78 is 5.32. The van der Waals surface area contributed by atoms with E-state index >= 15 is 0 Å². The Morgan fingerprint density at radius 2 is 1.95 bits per heavy atom. The van der Waals surface area contributed by atoms with Crippen LogP contribution in [-0.2, 0) is 0 Å². The molecule has 106 valence electrons. The van der Waals surface area contributed by atoms with Gasteiger partial charge in [0.05, 0.1) is 12.6 Å². The molecule has 0 unspecified atom stereocenters. The quantitative estimate of drug-likeness (QED) is 0.574.